The summed E-state index contributed by atoms with van der Waals surface area (Å²) in [4.78, 5) is 15.2. The van der Waals surface area contributed by atoms with Gasteiger partial charge in [-0.3, -0.25) is 4.99 Å². The van der Waals surface area contributed by atoms with Crippen molar-refractivity contribution in [2.75, 3.05) is 13.7 Å². The molecule has 0 saturated heterocycles. The normalized spacial score (nSPS) is 12.2. The fraction of sp³-hybridized carbons (Fsp3) is 0.400. The monoisotopic (exact) mass is 179 g/mol. The van der Waals surface area contributed by atoms with Crippen LogP contribution in [0.3, 0.4) is 0 Å². The fourth-order valence-electron chi connectivity index (χ4n) is 0.827. The first-order valence-electron chi connectivity index (χ1n) is 3.93. The van der Waals surface area contributed by atoms with Gasteiger partial charge in [0.1, 0.15) is 0 Å². The molecule has 0 aliphatic rings. The highest BCUT2D eigenvalue weighted by Crippen LogP contribution is 2.00. The van der Waals surface area contributed by atoms with E-state index in [2.05, 4.69) is 15.6 Å². The molecule has 3 heteroatoms. The number of ether oxygens (including phenoxy) is 1. The van der Waals surface area contributed by atoms with Gasteiger partial charge in [0.15, 0.2) is 0 Å². The predicted molar refractivity (Wildman–Crippen MR) is 52.6 cm³/mol. The number of rotatable bonds is 3. The van der Waals surface area contributed by atoms with Gasteiger partial charge in [-0.1, -0.05) is 5.92 Å². The Morgan fingerprint density at radius 1 is 1.69 bits per heavy atom. The van der Waals surface area contributed by atoms with Crippen molar-refractivity contribution in [1.82, 2.24) is 0 Å². The maximum Gasteiger partial charge on any atom is 0.340 e. The lowest BCUT2D eigenvalue weighted by Crippen LogP contribution is -2.12. The van der Waals surface area contributed by atoms with Crippen LogP contribution in [0.2, 0.25) is 0 Å². The van der Waals surface area contributed by atoms with Crippen LogP contribution in [-0.4, -0.2) is 25.3 Å². The van der Waals surface area contributed by atoms with Crippen molar-refractivity contribution in [3.05, 3.63) is 11.6 Å². The molecule has 0 spiro atoms. The van der Waals surface area contributed by atoms with Gasteiger partial charge >= 0.3 is 5.97 Å². The maximum atomic E-state index is 11.2. The predicted octanol–water partition coefficient (Wildman–Crippen LogP) is 1.20. The minimum Gasteiger partial charge on any atom is -0.465 e. The maximum absolute atomic E-state index is 11.2. The van der Waals surface area contributed by atoms with E-state index >= 15 is 0 Å². The molecule has 0 aromatic heterocycles. The van der Waals surface area contributed by atoms with Crippen LogP contribution in [0.25, 0.3) is 0 Å². The molecule has 0 aliphatic carbocycles. The van der Waals surface area contributed by atoms with Crippen LogP contribution < -0.4 is 0 Å². The average Bonchev–Trinajstić information content (AvgIpc) is 2.13. The number of carbonyl (C=O) groups excluding carboxylic acids is 1. The Balaban J connectivity index is 4.85. The number of aliphatic imine (C=N–C) groups is 1. The fourth-order valence-corrected chi connectivity index (χ4v) is 0.827. The van der Waals surface area contributed by atoms with Gasteiger partial charge in [0.2, 0.25) is 0 Å². The van der Waals surface area contributed by atoms with E-state index in [9.17, 15) is 4.79 Å². The zero-order valence-electron chi connectivity index (χ0n) is 8.13. The summed E-state index contributed by atoms with van der Waals surface area (Å²) in [5.74, 6) is 1.83. The smallest absolute Gasteiger partial charge is 0.340 e. The van der Waals surface area contributed by atoms with Gasteiger partial charge in [-0.15, -0.1) is 6.42 Å². The van der Waals surface area contributed by atoms with Crippen molar-refractivity contribution in [2.24, 2.45) is 4.99 Å². The highest BCUT2D eigenvalue weighted by molar-refractivity contribution is 6.19. The van der Waals surface area contributed by atoms with E-state index in [1.54, 1.807) is 6.92 Å². The second kappa shape index (κ2) is 6.01. The molecule has 0 unspecified atom stereocenters. The van der Waals surface area contributed by atoms with E-state index in [1.807, 2.05) is 6.92 Å². The molecule has 13 heavy (non-hydrogen) atoms. The Labute approximate surface area is 78.5 Å². The highest BCUT2D eigenvalue weighted by Gasteiger charge is 2.11. The minimum absolute atomic E-state index is 0.340. The molecule has 70 valence electrons. The number of hydrogen-bond donors (Lipinski definition) is 0. The minimum atomic E-state index is -0.451. The highest BCUT2D eigenvalue weighted by atomic mass is 16.5. The Morgan fingerprint density at radius 2 is 2.31 bits per heavy atom. The zero-order chi connectivity index (χ0) is 10.3. The molecule has 0 N–H and O–H groups in total. The van der Waals surface area contributed by atoms with Crippen molar-refractivity contribution in [3.63, 3.8) is 0 Å². The van der Waals surface area contributed by atoms with Gasteiger partial charge < -0.3 is 4.74 Å². The molecule has 0 amide bonds. The van der Waals surface area contributed by atoms with Gasteiger partial charge in [0.25, 0.3) is 0 Å². The summed E-state index contributed by atoms with van der Waals surface area (Å²) in [7, 11) is 1.31. The molecular weight excluding hydrogens is 166 g/mol. The van der Waals surface area contributed by atoms with Gasteiger partial charge in [0, 0.05) is 18.3 Å². The van der Waals surface area contributed by atoms with Gasteiger partial charge in [-0.05, 0) is 13.8 Å². The lowest BCUT2D eigenvalue weighted by atomic mass is 10.1. The summed E-state index contributed by atoms with van der Waals surface area (Å²) < 4.78 is 4.55. The first kappa shape index (κ1) is 11.4. The zero-order valence-corrected chi connectivity index (χ0v) is 8.13. The molecule has 0 fully saturated rings. The summed E-state index contributed by atoms with van der Waals surface area (Å²) >= 11 is 0. The number of hydrogen-bond acceptors (Lipinski definition) is 3. The standard InChI is InChI=1S/C10H13NO2/c1-5-7-9(10(12)13-4)8(3)11-6-2/h1,7H,6H2,2-4H3/b9-7+,11-8?. The van der Waals surface area contributed by atoms with Crippen LogP contribution in [0.1, 0.15) is 13.8 Å². The van der Waals surface area contributed by atoms with Crippen LogP contribution in [0.15, 0.2) is 16.6 Å². The molecule has 3 nitrogen and oxygen atoms in total. The summed E-state index contributed by atoms with van der Waals surface area (Å²) in [6.45, 7) is 4.22. The average molecular weight is 179 g/mol. The number of allylic oxidation sites excluding steroid dienone is 1. The van der Waals surface area contributed by atoms with Crippen molar-refractivity contribution in [1.29, 1.82) is 0 Å². The van der Waals surface area contributed by atoms with E-state index in [4.69, 9.17) is 6.42 Å². The number of carbonyl (C=O) groups is 1. The summed E-state index contributed by atoms with van der Waals surface area (Å²) in [6, 6.07) is 0. The van der Waals surface area contributed by atoms with Gasteiger partial charge in [-0.25, -0.2) is 4.79 Å². The van der Waals surface area contributed by atoms with Crippen LogP contribution in [0, 0.1) is 12.3 Å². The lowest BCUT2D eigenvalue weighted by molar-refractivity contribution is -0.135. The molecular formula is C10H13NO2. The van der Waals surface area contributed by atoms with Crippen molar-refractivity contribution >= 4 is 11.7 Å². The molecule has 0 atom stereocenters. The largest absolute Gasteiger partial charge is 0.465 e. The van der Waals surface area contributed by atoms with Crippen molar-refractivity contribution < 1.29 is 9.53 Å². The van der Waals surface area contributed by atoms with Crippen LogP contribution in [0.4, 0.5) is 0 Å². The van der Waals surface area contributed by atoms with Gasteiger partial charge in [-0.2, -0.15) is 0 Å². The summed E-state index contributed by atoms with van der Waals surface area (Å²) in [5, 5.41) is 0. The first-order valence-corrected chi connectivity index (χ1v) is 3.93. The second-order valence-corrected chi connectivity index (χ2v) is 2.28. The third kappa shape index (κ3) is 3.57. The summed E-state index contributed by atoms with van der Waals surface area (Å²) in [6.07, 6.45) is 6.43. The van der Waals surface area contributed by atoms with Crippen molar-refractivity contribution in [3.8, 4) is 12.3 Å². The summed E-state index contributed by atoms with van der Waals surface area (Å²) in [5.41, 5.74) is 0.944. The molecule has 0 saturated carbocycles. The number of methoxy groups -OCH3 is 1. The van der Waals surface area contributed by atoms with Gasteiger partial charge in [0.05, 0.1) is 12.7 Å². The molecule has 0 aliphatic heterocycles. The molecule has 0 radical (unpaired) electrons. The van der Waals surface area contributed by atoms with E-state index in [1.165, 1.54) is 13.2 Å². The van der Waals surface area contributed by atoms with E-state index in [0.29, 0.717) is 17.8 Å². The Hall–Kier alpha value is -1.56. The molecule has 0 bridgehead atoms. The molecule has 0 aromatic carbocycles. The van der Waals surface area contributed by atoms with E-state index in [-0.39, 0.29) is 0 Å². The van der Waals surface area contributed by atoms with E-state index in [0.717, 1.165) is 0 Å². The van der Waals surface area contributed by atoms with Crippen LogP contribution in [0.5, 0.6) is 0 Å². The number of terminal acetylenes is 1. The van der Waals surface area contributed by atoms with Crippen molar-refractivity contribution in [2.45, 2.75) is 13.8 Å². The van der Waals surface area contributed by atoms with Crippen LogP contribution >= 0.6 is 0 Å². The SMILES string of the molecule is C#C/C=C(/C(=O)OC)C(C)=NCC. The molecule has 0 rings (SSSR count). The third-order valence-corrected chi connectivity index (χ3v) is 1.42. The Kier molecular flexibility index (Phi) is 5.29. The van der Waals surface area contributed by atoms with Crippen LogP contribution in [-0.2, 0) is 9.53 Å². The Morgan fingerprint density at radius 3 is 2.69 bits per heavy atom. The van der Waals surface area contributed by atoms with E-state index < -0.39 is 5.97 Å². The topological polar surface area (TPSA) is 38.7 Å². The quantitative estimate of drug-likeness (QED) is 0.282. The second-order valence-electron chi connectivity index (χ2n) is 2.28. The molecule has 0 heterocycles. The number of nitrogens with zero attached hydrogens (tertiary/aromatic N) is 1. The lowest BCUT2D eigenvalue weighted by Gasteiger charge is -2.02. The Bertz CT molecular complexity index is 282. The molecule has 0 aromatic rings. The third-order valence-electron chi connectivity index (χ3n) is 1.42. The number of esters is 1. The first-order chi connectivity index (χ1) is 6.17.